The van der Waals surface area contributed by atoms with Crippen molar-refractivity contribution >= 4 is 17.1 Å². The Hall–Kier alpha value is -3.72. The molecule has 0 spiro atoms. The molecule has 0 radical (unpaired) electrons. The second kappa shape index (κ2) is 7.49. The smallest absolute Gasteiger partial charge is 0.116 e. The molecule has 0 heterocycles. The largest absolute Gasteiger partial charge is 0.508 e. The lowest BCUT2D eigenvalue weighted by atomic mass is 10.0. The number of hydrogen-bond acceptors (Lipinski definition) is 3. The van der Waals surface area contributed by atoms with E-state index in [-0.39, 0.29) is 11.5 Å². The average molecular weight is 367 g/mol. The van der Waals surface area contributed by atoms with Crippen LogP contribution in [0.15, 0.2) is 97.1 Å². The van der Waals surface area contributed by atoms with Crippen molar-refractivity contribution in [3.8, 4) is 22.6 Å². The Bertz CT molecular complexity index is 1030. The molecule has 0 aliphatic carbocycles. The lowest BCUT2D eigenvalue weighted by Gasteiger charge is -2.28. The number of anilines is 3. The van der Waals surface area contributed by atoms with Gasteiger partial charge in [0.25, 0.3) is 0 Å². The fourth-order valence-electron chi connectivity index (χ4n) is 3.29. The fourth-order valence-corrected chi connectivity index (χ4v) is 3.29. The molecular formula is C25H21NO2. The van der Waals surface area contributed by atoms with E-state index in [2.05, 4.69) is 36.1 Å². The van der Waals surface area contributed by atoms with Crippen LogP contribution in [-0.4, -0.2) is 10.2 Å². The highest BCUT2D eigenvalue weighted by atomic mass is 16.3. The second-order valence-corrected chi connectivity index (χ2v) is 6.75. The summed E-state index contributed by atoms with van der Waals surface area (Å²) in [4.78, 5) is 2.13. The van der Waals surface area contributed by atoms with Gasteiger partial charge in [0.2, 0.25) is 0 Å². The zero-order valence-corrected chi connectivity index (χ0v) is 15.6. The molecule has 3 nitrogen and oxygen atoms in total. The molecular weight excluding hydrogens is 346 g/mol. The summed E-state index contributed by atoms with van der Waals surface area (Å²) in [6.45, 7) is 2.06. The molecule has 0 atom stereocenters. The topological polar surface area (TPSA) is 43.7 Å². The van der Waals surface area contributed by atoms with Crippen LogP contribution in [0.25, 0.3) is 11.1 Å². The summed E-state index contributed by atoms with van der Waals surface area (Å²) < 4.78 is 0. The standard InChI is InChI=1S/C25H21NO2/c1-18-7-9-20(10-8-18)26(21-11-13-22(27)14-12-21)25-16-15-23(28)17-24(25)19-5-3-2-4-6-19/h2-17,27-28H,1H3. The van der Waals surface area contributed by atoms with Gasteiger partial charge >= 0.3 is 0 Å². The number of aryl methyl sites for hydroxylation is 1. The van der Waals surface area contributed by atoms with Gasteiger partial charge < -0.3 is 15.1 Å². The molecule has 3 heteroatoms. The third kappa shape index (κ3) is 3.55. The third-order valence-corrected chi connectivity index (χ3v) is 4.71. The van der Waals surface area contributed by atoms with Crippen molar-refractivity contribution in [2.24, 2.45) is 0 Å². The molecule has 2 N–H and O–H groups in total. The van der Waals surface area contributed by atoms with E-state index in [9.17, 15) is 10.2 Å². The summed E-state index contributed by atoms with van der Waals surface area (Å²) in [5.74, 6) is 0.443. The van der Waals surface area contributed by atoms with Crippen molar-refractivity contribution in [2.75, 3.05) is 4.90 Å². The Kier molecular flexibility index (Phi) is 4.73. The molecule has 0 amide bonds. The monoisotopic (exact) mass is 367 g/mol. The van der Waals surface area contributed by atoms with Gasteiger partial charge in [-0.3, -0.25) is 0 Å². The molecule has 4 aromatic carbocycles. The average Bonchev–Trinajstić information content (AvgIpc) is 2.72. The lowest BCUT2D eigenvalue weighted by Crippen LogP contribution is -2.11. The summed E-state index contributed by atoms with van der Waals surface area (Å²) in [7, 11) is 0. The summed E-state index contributed by atoms with van der Waals surface area (Å²) >= 11 is 0. The fraction of sp³-hybridized carbons (Fsp3) is 0.0400. The quantitative estimate of drug-likeness (QED) is 0.430. The predicted molar refractivity (Wildman–Crippen MR) is 115 cm³/mol. The zero-order valence-electron chi connectivity index (χ0n) is 15.6. The highest BCUT2D eigenvalue weighted by molar-refractivity contribution is 5.88. The van der Waals surface area contributed by atoms with E-state index >= 15 is 0 Å². The van der Waals surface area contributed by atoms with Gasteiger partial charge in [-0.1, -0.05) is 48.0 Å². The van der Waals surface area contributed by atoms with Gasteiger partial charge in [0.15, 0.2) is 0 Å². The van der Waals surface area contributed by atoms with E-state index in [1.54, 1.807) is 24.3 Å². The molecule has 0 aliphatic heterocycles. The molecule has 0 saturated heterocycles. The predicted octanol–water partition coefficient (Wildman–Crippen LogP) is 6.54. The maximum atomic E-state index is 10.1. The molecule has 0 aliphatic rings. The van der Waals surface area contributed by atoms with Crippen LogP contribution in [-0.2, 0) is 0 Å². The van der Waals surface area contributed by atoms with Crippen LogP contribution in [0, 0.1) is 6.92 Å². The zero-order chi connectivity index (χ0) is 19.5. The minimum absolute atomic E-state index is 0.220. The summed E-state index contributed by atoms with van der Waals surface area (Å²) in [5, 5.41) is 19.9. The minimum atomic E-state index is 0.220. The van der Waals surface area contributed by atoms with Crippen molar-refractivity contribution in [1.82, 2.24) is 0 Å². The van der Waals surface area contributed by atoms with Crippen molar-refractivity contribution in [1.29, 1.82) is 0 Å². The number of aromatic hydroxyl groups is 2. The normalized spacial score (nSPS) is 10.6. The van der Waals surface area contributed by atoms with Crippen molar-refractivity contribution in [3.63, 3.8) is 0 Å². The Balaban J connectivity index is 1.95. The first-order valence-corrected chi connectivity index (χ1v) is 9.16. The maximum Gasteiger partial charge on any atom is 0.116 e. The van der Waals surface area contributed by atoms with Crippen LogP contribution in [0.1, 0.15) is 5.56 Å². The van der Waals surface area contributed by atoms with E-state index in [0.29, 0.717) is 0 Å². The van der Waals surface area contributed by atoms with Gasteiger partial charge in [-0.15, -0.1) is 0 Å². The van der Waals surface area contributed by atoms with Crippen LogP contribution in [0.2, 0.25) is 0 Å². The van der Waals surface area contributed by atoms with Crippen LogP contribution in [0.5, 0.6) is 11.5 Å². The highest BCUT2D eigenvalue weighted by Crippen LogP contribution is 2.42. The van der Waals surface area contributed by atoms with Crippen molar-refractivity contribution in [2.45, 2.75) is 6.92 Å². The van der Waals surface area contributed by atoms with E-state index < -0.39 is 0 Å². The third-order valence-electron chi connectivity index (χ3n) is 4.71. The van der Waals surface area contributed by atoms with Crippen LogP contribution in [0.3, 0.4) is 0 Å². The number of phenolic OH excluding ortho intramolecular Hbond substituents is 2. The Labute approximate surface area is 164 Å². The minimum Gasteiger partial charge on any atom is -0.508 e. The number of nitrogens with zero attached hydrogens (tertiary/aromatic N) is 1. The number of hydrogen-bond donors (Lipinski definition) is 2. The summed E-state index contributed by atoms with van der Waals surface area (Å²) in [6.07, 6.45) is 0. The number of benzene rings is 4. The van der Waals surface area contributed by atoms with E-state index in [1.165, 1.54) is 5.56 Å². The van der Waals surface area contributed by atoms with Gasteiger partial charge in [-0.05, 0) is 67.1 Å². The second-order valence-electron chi connectivity index (χ2n) is 6.75. The Morgan fingerprint density at radius 1 is 0.607 bits per heavy atom. The van der Waals surface area contributed by atoms with Crippen LogP contribution >= 0.6 is 0 Å². The SMILES string of the molecule is Cc1ccc(N(c2ccc(O)cc2)c2ccc(O)cc2-c2ccccc2)cc1. The molecule has 0 bridgehead atoms. The molecule has 4 aromatic rings. The van der Waals surface area contributed by atoms with Gasteiger partial charge in [0.05, 0.1) is 5.69 Å². The first-order chi connectivity index (χ1) is 13.6. The molecule has 0 aromatic heterocycles. The number of phenols is 2. The molecule has 0 saturated carbocycles. The van der Waals surface area contributed by atoms with E-state index in [1.807, 2.05) is 48.5 Å². The van der Waals surface area contributed by atoms with Gasteiger partial charge in [-0.25, -0.2) is 0 Å². The van der Waals surface area contributed by atoms with Crippen molar-refractivity contribution in [3.05, 3.63) is 103 Å². The Morgan fingerprint density at radius 2 is 1.18 bits per heavy atom. The van der Waals surface area contributed by atoms with Gasteiger partial charge in [0, 0.05) is 16.9 Å². The highest BCUT2D eigenvalue weighted by Gasteiger charge is 2.17. The maximum absolute atomic E-state index is 10.1. The first-order valence-electron chi connectivity index (χ1n) is 9.16. The molecule has 0 unspecified atom stereocenters. The first kappa shape index (κ1) is 17.7. The molecule has 28 heavy (non-hydrogen) atoms. The van der Waals surface area contributed by atoms with Crippen molar-refractivity contribution < 1.29 is 10.2 Å². The van der Waals surface area contributed by atoms with Crippen LogP contribution < -0.4 is 4.90 Å². The molecule has 0 fully saturated rings. The molecule has 138 valence electrons. The van der Waals surface area contributed by atoms with E-state index in [0.717, 1.165) is 28.2 Å². The number of rotatable bonds is 4. The molecule has 4 rings (SSSR count). The van der Waals surface area contributed by atoms with Crippen LogP contribution in [0.4, 0.5) is 17.1 Å². The van der Waals surface area contributed by atoms with Gasteiger partial charge in [-0.2, -0.15) is 0 Å². The summed E-state index contributed by atoms with van der Waals surface area (Å²) in [6, 6.07) is 30.8. The van der Waals surface area contributed by atoms with E-state index in [4.69, 9.17) is 0 Å². The Morgan fingerprint density at radius 3 is 1.82 bits per heavy atom. The summed E-state index contributed by atoms with van der Waals surface area (Å²) in [5.41, 5.74) is 5.99. The lowest BCUT2D eigenvalue weighted by molar-refractivity contribution is 0.475. The van der Waals surface area contributed by atoms with Gasteiger partial charge in [0.1, 0.15) is 11.5 Å².